The predicted octanol–water partition coefficient (Wildman–Crippen LogP) is 6.13. The van der Waals surface area contributed by atoms with Crippen molar-refractivity contribution >= 4 is 56.3 Å². The summed E-state index contributed by atoms with van der Waals surface area (Å²) in [6.07, 6.45) is 1.25. The van der Waals surface area contributed by atoms with E-state index in [0.29, 0.717) is 22.6 Å². The van der Waals surface area contributed by atoms with E-state index in [1.54, 1.807) is 44.2 Å². The Balaban J connectivity index is 1.85. The number of allylic oxidation sites excluding steroid dienone is 1. The van der Waals surface area contributed by atoms with Crippen molar-refractivity contribution in [3.05, 3.63) is 63.4 Å². The summed E-state index contributed by atoms with van der Waals surface area (Å²) in [4.78, 5) is 16.1. The zero-order valence-electron chi connectivity index (χ0n) is 21.8. The number of aryl methyl sites for hydroxylation is 1. The van der Waals surface area contributed by atoms with Gasteiger partial charge in [-0.1, -0.05) is 48.1 Å². The van der Waals surface area contributed by atoms with Gasteiger partial charge in [-0.3, -0.25) is 9.10 Å². The Bertz CT molecular complexity index is 1520. The average Bonchev–Trinajstić information content (AvgIpc) is 3.31. The lowest BCUT2D eigenvalue weighted by Gasteiger charge is -2.36. The second-order valence-corrected chi connectivity index (χ2v) is 12.2. The van der Waals surface area contributed by atoms with Crippen molar-refractivity contribution in [2.24, 2.45) is 5.92 Å². The van der Waals surface area contributed by atoms with E-state index < -0.39 is 33.8 Å². The summed E-state index contributed by atoms with van der Waals surface area (Å²) in [5, 5.41) is 10.4. The molecule has 1 N–H and O–H groups in total. The summed E-state index contributed by atoms with van der Waals surface area (Å²) in [5.41, 5.74) is 1.55. The number of carboxylic acid groups (broad SMARTS) is 1. The van der Waals surface area contributed by atoms with Crippen LogP contribution in [-0.4, -0.2) is 43.7 Å². The smallest absolute Gasteiger partial charge is 0.310 e. The third-order valence-corrected chi connectivity index (χ3v) is 9.53. The van der Waals surface area contributed by atoms with Gasteiger partial charge in [0.15, 0.2) is 0 Å². The van der Waals surface area contributed by atoms with Crippen LogP contribution in [0.15, 0.2) is 41.4 Å². The number of rotatable bonds is 9. The number of nitrogens with zero attached hydrogens (tertiary/aromatic N) is 2. The quantitative estimate of drug-likeness (QED) is 0.297. The molecule has 8 nitrogen and oxygen atoms in total. The third kappa shape index (κ3) is 5.75. The number of hydrogen-bond acceptors (Lipinski definition) is 7. The molecule has 39 heavy (non-hydrogen) atoms. The van der Waals surface area contributed by atoms with Crippen LogP contribution in [0.1, 0.15) is 43.8 Å². The van der Waals surface area contributed by atoms with Crippen LogP contribution in [0.5, 0.6) is 10.8 Å². The summed E-state index contributed by atoms with van der Waals surface area (Å²) >= 11 is 7.39. The highest BCUT2D eigenvalue weighted by Crippen LogP contribution is 2.42. The number of carbonyl (C=O) groups is 1. The maximum atomic E-state index is 14.5. The molecule has 0 saturated heterocycles. The minimum Gasteiger partial charge on any atom is -0.485 e. The first-order valence-electron chi connectivity index (χ1n) is 12.3. The zero-order chi connectivity index (χ0) is 28.5. The molecule has 3 aromatic rings. The highest BCUT2D eigenvalue weighted by molar-refractivity contribution is 7.93. The number of thiazole rings is 1. The fourth-order valence-electron chi connectivity index (χ4n) is 4.20. The molecular formula is C27H28ClFN2O6S2. The molecule has 12 heteroatoms. The lowest BCUT2D eigenvalue weighted by Crippen LogP contribution is -2.48. The van der Waals surface area contributed by atoms with Crippen molar-refractivity contribution in [2.75, 3.05) is 17.5 Å². The molecule has 0 fully saturated rings. The average molecular weight is 595 g/mol. The van der Waals surface area contributed by atoms with E-state index >= 15 is 0 Å². The Kier molecular flexibility index (Phi) is 8.53. The minimum absolute atomic E-state index is 0.173. The Labute approximate surface area is 235 Å². The number of anilines is 1. The number of aromatic nitrogens is 1. The second kappa shape index (κ2) is 11.5. The molecule has 0 saturated carbocycles. The largest absolute Gasteiger partial charge is 0.485 e. The van der Waals surface area contributed by atoms with Crippen molar-refractivity contribution in [1.29, 1.82) is 0 Å². The number of fused-ring (bicyclic) bond motifs is 1. The van der Waals surface area contributed by atoms with E-state index in [0.717, 1.165) is 15.6 Å². The Morgan fingerprint density at radius 1 is 1.36 bits per heavy atom. The SMILES string of the molecule is CCOc1sc(CC)nc1S(=O)(=O)N1CC(C(C)C(=O)O)Oc2ccc(C=C(C)c3c(F)cccc3Cl)cc21. The number of benzene rings is 2. The lowest BCUT2D eigenvalue weighted by atomic mass is 10.0. The third-order valence-electron chi connectivity index (χ3n) is 6.29. The molecule has 2 heterocycles. The number of aliphatic carboxylic acids is 1. The van der Waals surface area contributed by atoms with Crippen LogP contribution < -0.4 is 13.8 Å². The van der Waals surface area contributed by atoms with Crippen molar-refractivity contribution in [1.82, 2.24) is 4.98 Å². The first kappa shape index (κ1) is 28.8. The molecule has 0 bridgehead atoms. The van der Waals surface area contributed by atoms with Gasteiger partial charge in [-0.25, -0.2) is 9.37 Å². The Morgan fingerprint density at radius 2 is 2.10 bits per heavy atom. The summed E-state index contributed by atoms with van der Waals surface area (Å²) in [6, 6.07) is 9.26. The second-order valence-electron chi connectivity index (χ2n) is 8.96. The van der Waals surface area contributed by atoms with Crippen LogP contribution in [0, 0.1) is 11.7 Å². The maximum Gasteiger partial charge on any atom is 0.310 e. The molecule has 1 aliphatic heterocycles. The molecule has 1 aliphatic rings. The minimum atomic E-state index is -4.29. The molecule has 0 spiro atoms. The molecule has 0 amide bonds. The van der Waals surface area contributed by atoms with E-state index in [-0.39, 0.29) is 45.3 Å². The highest BCUT2D eigenvalue weighted by Gasteiger charge is 2.41. The van der Waals surface area contributed by atoms with Gasteiger partial charge in [0, 0.05) is 5.56 Å². The lowest BCUT2D eigenvalue weighted by molar-refractivity contribution is -0.144. The number of sulfonamides is 1. The summed E-state index contributed by atoms with van der Waals surface area (Å²) in [7, 11) is -4.29. The van der Waals surface area contributed by atoms with E-state index in [2.05, 4.69) is 4.98 Å². The van der Waals surface area contributed by atoms with Gasteiger partial charge in [0.1, 0.15) is 17.7 Å². The van der Waals surface area contributed by atoms with Crippen LogP contribution >= 0.6 is 22.9 Å². The van der Waals surface area contributed by atoms with E-state index in [1.807, 2.05) is 6.92 Å². The van der Waals surface area contributed by atoms with Gasteiger partial charge in [0.05, 0.1) is 34.8 Å². The van der Waals surface area contributed by atoms with Crippen molar-refractivity contribution in [3.8, 4) is 10.8 Å². The van der Waals surface area contributed by atoms with Gasteiger partial charge in [-0.15, -0.1) is 0 Å². The normalized spacial score (nSPS) is 16.4. The molecular weight excluding hydrogens is 567 g/mol. The molecule has 2 atom stereocenters. The predicted molar refractivity (Wildman–Crippen MR) is 150 cm³/mol. The van der Waals surface area contributed by atoms with Crippen LogP contribution in [0.4, 0.5) is 10.1 Å². The van der Waals surface area contributed by atoms with Crippen LogP contribution in [0.2, 0.25) is 5.02 Å². The summed E-state index contributed by atoms with van der Waals surface area (Å²) in [5.74, 6) is -2.39. The Hall–Kier alpha value is -3.15. The Morgan fingerprint density at radius 3 is 2.74 bits per heavy atom. The molecule has 0 aliphatic carbocycles. The van der Waals surface area contributed by atoms with Gasteiger partial charge in [0.2, 0.25) is 10.1 Å². The molecule has 0 radical (unpaired) electrons. The molecule has 4 rings (SSSR count). The number of ether oxygens (including phenoxy) is 2. The van der Waals surface area contributed by atoms with Crippen molar-refractivity contribution in [2.45, 2.75) is 45.2 Å². The van der Waals surface area contributed by atoms with Crippen molar-refractivity contribution in [3.63, 3.8) is 0 Å². The molecule has 2 unspecified atom stereocenters. The topological polar surface area (TPSA) is 106 Å². The molecule has 208 valence electrons. The van der Waals surface area contributed by atoms with Crippen LogP contribution in [-0.2, 0) is 21.2 Å². The first-order valence-corrected chi connectivity index (χ1v) is 14.9. The van der Waals surface area contributed by atoms with Crippen LogP contribution in [0.25, 0.3) is 11.6 Å². The van der Waals surface area contributed by atoms with Gasteiger partial charge in [-0.2, -0.15) is 8.42 Å². The van der Waals surface area contributed by atoms with Crippen LogP contribution in [0.3, 0.4) is 0 Å². The summed E-state index contributed by atoms with van der Waals surface area (Å²) < 4.78 is 55.3. The van der Waals surface area contributed by atoms with Gasteiger partial charge < -0.3 is 14.6 Å². The fraction of sp³-hybridized carbons (Fsp3) is 0.333. The van der Waals surface area contributed by atoms with Gasteiger partial charge >= 0.3 is 5.97 Å². The van der Waals surface area contributed by atoms with E-state index in [9.17, 15) is 22.7 Å². The van der Waals surface area contributed by atoms with E-state index in [4.69, 9.17) is 21.1 Å². The number of hydrogen-bond donors (Lipinski definition) is 1. The standard InChI is InChI=1S/C27H28ClFN2O6S2/c1-5-23-30-25(27(38-23)36-6-2)39(34,35)31-14-22(16(4)26(32)33)37-21-11-10-17(13-20(21)31)12-15(3)24-18(28)8-7-9-19(24)29/h7-13,16,22H,5-6,14H2,1-4H3,(H,32,33). The van der Waals surface area contributed by atoms with Crippen molar-refractivity contribution < 1.29 is 32.2 Å². The summed E-state index contributed by atoms with van der Waals surface area (Å²) in [6.45, 7) is 6.78. The monoisotopic (exact) mass is 594 g/mol. The van der Waals surface area contributed by atoms with E-state index in [1.165, 1.54) is 19.1 Å². The first-order chi connectivity index (χ1) is 18.5. The fourth-order valence-corrected chi connectivity index (χ4v) is 7.26. The molecule has 1 aromatic heterocycles. The molecule has 2 aromatic carbocycles. The number of halogens is 2. The highest BCUT2D eigenvalue weighted by atomic mass is 35.5. The zero-order valence-corrected chi connectivity index (χ0v) is 24.2. The van der Waals surface area contributed by atoms with Gasteiger partial charge in [-0.05, 0) is 62.6 Å². The van der Waals surface area contributed by atoms with Gasteiger partial charge in [0.25, 0.3) is 10.0 Å². The number of carboxylic acids is 1. The maximum absolute atomic E-state index is 14.5.